The number of hydrogen-bond acceptors (Lipinski definition) is 4. The first kappa shape index (κ1) is 17.9. The van der Waals surface area contributed by atoms with Gasteiger partial charge >= 0.3 is 5.97 Å². The summed E-state index contributed by atoms with van der Waals surface area (Å²) in [5, 5.41) is 21.3. The van der Waals surface area contributed by atoms with Gasteiger partial charge in [-0.05, 0) is 17.7 Å². The van der Waals surface area contributed by atoms with E-state index in [0.29, 0.717) is 5.56 Å². The Morgan fingerprint density at radius 1 is 1.42 bits per heavy atom. The monoisotopic (exact) mass is 338 g/mol. The SMILES string of the molecule is CC(=O)N1C[C@H](O)C[C@H]1C(=O)N[C@@H](Cc1cccc(F)c1)C(=O)O. The predicted molar refractivity (Wildman–Crippen MR) is 81.5 cm³/mol. The van der Waals surface area contributed by atoms with E-state index in [1.807, 2.05) is 0 Å². The summed E-state index contributed by atoms with van der Waals surface area (Å²) in [7, 11) is 0. The molecule has 1 fully saturated rings. The molecule has 0 unspecified atom stereocenters. The fourth-order valence-electron chi connectivity index (χ4n) is 2.78. The van der Waals surface area contributed by atoms with Crippen molar-refractivity contribution in [3.8, 4) is 0 Å². The molecule has 24 heavy (non-hydrogen) atoms. The number of carbonyl (C=O) groups is 3. The molecule has 0 aliphatic carbocycles. The van der Waals surface area contributed by atoms with Crippen molar-refractivity contribution in [2.24, 2.45) is 0 Å². The van der Waals surface area contributed by atoms with Crippen LogP contribution in [-0.4, -0.2) is 57.6 Å². The average molecular weight is 338 g/mol. The number of rotatable bonds is 5. The topological polar surface area (TPSA) is 107 Å². The Hall–Kier alpha value is -2.48. The second-order valence-electron chi connectivity index (χ2n) is 5.81. The van der Waals surface area contributed by atoms with Gasteiger partial charge in [-0.1, -0.05) is 12.1 Å². The third kappa shape index (κ3) is 4.29. The predicted octanol–water partition coefficient (Wildman–Crippen LogP) is -0.0807. The van der Waals surface area contributed by atoms with E-state index >= 15 is 0 Å². The van der Waals surface area contributed by atoms with E-state index in [9.17, 15) is 29.0 Å². The number of carboxylic acids is 1. The minimum atomic E-state index is -1.26. The molecule has 1 saturated heterocycles. The van der Waals surface area contributed by atoms with Crippen LogP contribution in [0.25, 0.3) is 0 Å². The zero-order valence-corrected chi connectivity index (χ0v) is 13.1. The number of nitrogens with one attached hydrogen (secondary N) is 1. The van der Waals surface area contributed by atoms with Crippen LogP contribution in [0.1, 0.15) is 18.9 Å². The first-order valence-corrected chi connectivity index (χ1v) is 7.51. The Labute approximate surface area is 138 Å². The summed E-state index contributed by atoms with van der Waals surface area (Å²) < 4.78 is 13.2. The van der Waals surface area contributed by atoms with E-state index < -0.39 is 35.9 Å². The molecule has 0 radical (unpaired) electrons. The summed E-state index contributed by atoms with van der Waals surface area (Å²) in [5.41, 5.74) is 0.428. The number of aliphatic hydroxyl groups is 1. The third-order valence-corrected chi connectivity index (χ3v) is 3.93. The van der Waals surface area contributed by atoms with Gasteiger partial charge in [0.1, 0.15) is 17.9 Å². The van der Waals surface area contributed by atoms with Crippen LogP contribution in [0.3, 0.4) is 0 Å². The molecule has 0 spiro atoms. The lowest BCUT2D eigenvalue weighted by atomic mass is 10.0. The fraction of sp³-hybridized carbons (Fsp3) is 0.438. The van der Waals surface area contributed by atoms with Crippen LogP contribution in [-0.2, 0) is 20.8 Å². The number of hydrogen-bond donors (Lipinski definition) is 3. The van der Waals surface area contributed by atoms with E-state index in [1.165, 1.54) is 30.0 Å². The summed E-state index contributed by atoms with van der Waals surface area (Å²) in [6.45, 7) is 1.31. The molecular weight excluding hydrogens is 319 g/mol. The minimum Gasteiger partial charge on any atom is -0.480 e. The molecule has 7 nitrogen and oxygen atoms in total. The smallest absolute Gasteiger partial charge is 0.326 e. The van der Waals surface area contributed by atoms with Crippen molar-refractivity contribution in [2.75, 3.05) is 6.54 Å². The average Bonchev–Trinajstić information content (AvgIpc) is 2.89. The number of benzene rings is 1. The van der Waals surface area contributed by atoms with Crippen LogP contribution in [0.5, 0.6) is 0 Å². The number of aliphatic hydroxyl groups excluding tert-OH is 1. The number of nitrogens with zero attached hydrogens (tertiary/aromatic N) is 1. The van der Waals surface area contributed by atoms with Gasteiger partial charge in [-0.25, -0.2) is 9.18 Å². The number of carboxylic acid groups (broad SMARTS) is 1. The highest BCUT2D eigenvalue weighted by Gasteiger charge is 2.38. The number of halogens is 1. The molecule has 0 bridgehead atoms. The third-order valence-electron chi connectivity index (χ3n) is 3.93. The zero-order chi connectivity index (χ0) is 17.9. The summed E-state index contributed by atoms with van der Waals surface area (Å²) in [4.78, 5) is 36.4. The quantitative estimate of drug-likeness (QED) is 0.696. The van der Waals surface area contributed by atoms with Crippen LogP contribution in [0, 0.1) is 5.82 Å². The zero-order valence-electron chi connectivity index (χ0n) is 13.1. The highest BCUT2D eigenvalue weighted by atomic mass is 19.1. The van der Waals surface area contributed by atoms with Gasteiger partial charge in [0.15, 0.2) is 0 Å². The lowest BCUT2D eigenvalue weighted by molar-refractivity contribution is -0.143. The Morgan fingerprint density at radius 2 is 2.12 bits per heavy atom. The van der Waals surface area contributed by atoms with Crippen molar-refractivity contribution in [3.63, 3.8) is 0 Å². The van der Waals surface area contributed by atoms with Gasteiger partial charge in [-0.3, -0.25) is 9.59 Å². The molecular formula is C16H19FN2O5. The maximum atomic E-state index is 13.2. The minimum absolute atomic E-state index is 0.0368. The molecule has 1 aliphatic rings. The normalized spacial score (nSPS) is 21.4. The maximum absolute atomic E-state index is 13.2. The van der Waals surface area contributed by atoms with E-state index in [-0.39, 0.29) is 25.3 Å². The highest BCUT2D eigenvalue weighted by molar-refractivity contribution is 5.90. The number of aliphatic carboxylic acids is 1. The standard InChI is InChI=1S/C16H19FN2O5/c1-9(20)19-8-12(21)7-14(19)15(22)18-13(16(23)24)6-10-3-2-4-11(17)5-10/h2-5,12-14,21H,6-8H2,1H3,(H,18,22)(H,23,24)/t12-,13+,14+/m1/s1. The molecule has 0 aromatic heterocycles. The molecule has 2 amide bonds. The Morgan fingerprint density at radius 3 is 2.71 bits per heavy atom. The summed E-state index contributed by atoms with van der Waals surface area (Å²) in [6.07, 6.45) is -0.859. The molecule has 3 atom stereocenters. The second-order valence-corrected chi connectivity index (χ2v) is 5.81. The second kappa shape index (κ2) is 7.39. The molecule has 1 aromatic carbocycles. The highest BCUT2D eigenvalue weighted by Crippen LogP contribution is 2.18. The first-order valence-electron chi connectivity index (χ1n) is 7.51. The van der Waals surface area contributed by atoms with Crippen molar-refractivity contribution in [1.82, 2.24) is 10.2 Å². The number of β-amino-alcohol motifs (C(OH)–C–C–N with tert-alkyl or cyclic N) is 1. The molecule has 1 aromatic rings. The van der Waals surface area contributed by atoms with Crippen LogP contribution in [0.2, 0.25) is 0 Å². The van der Waals surface area contributed by atoms with E-state index in [4.69, 9.17) is 0 Å². The molecule has 130 valence electrons. The van der Waals surface area contributed by atoms with Gasteiger partial charge in [0.25, 0.3) is 0 Å². The Bertz CT molecular complexity index is 651. The molecule has 2 rings (SSSR count). The maximum Gasteiger partial charge on any atom is 0.326 e. The molecule has 3 N–H and O–H groups in total. The van der Waals surface area contributed by atoms with Crippen molar-refractivity contribution < 1.29 is 29.0 Å². The number of likely N-dealkylation sites (tertiary alicyclic amines) is 1. The molecule has 1 aliphatic heterocycles. The van der Waals surface area contributed by atoms with Gasteiger partial charge in [0.05, 0.1) is 6.10 Å². The van der Waals surface area contributed by atoms with Crippen LogP contribution < -0.4 is 5.32 Å². The van der Waals surface area contributed by atoms with Gasteiger partial charge in [-0.2, -0.15) is 0 Å². The lowest BCUT2D eigenvalue weighted by Crippen LogP contribution is -2.51. The van der Waals surface area contributed by atoms with E-state index in [1.54, 1.807) is 6.07 Å². The fourth-order valence-corrected chi connectivity index (χ4v) is 2.78. The van der Waals surface area contributed by atoms with Gasteiger partial charge in [-0.15, -0.1) is 0 Å². The molecule has 0 saturated carbocycles. The van der Waals surface area contributed by atoms with E-state index in [0.717, 1.165) is 0 Å². The summed E-state index contributed by atoms with van der Waals surface area (Å²) in [6, 6.07) is 3.28. The van der Waals surface area contributed by atoms with Gasteiger partial charge in [0.2, 0.25) is 11.8 Å². The largest absolute Gasteiger partial charge is 0.480 e. The van der Waals surface area contributed by atoms with Gasteiger partial charge < -0.3 is 20.4 Å². The lowest BCUT2D eigenvalue weighted by Gasteiger charge is -2.24. The molecule has 8 heteroatoms. The van der Waals surface area contributed by atoms with Crippen molar-refractivity contribution in [2.45, 2.75) is 38.0 Å². The summed E-state index contributed by atoms with van der Waals surface area (Å²) in [5.74, 6) is -2.78. The number of amides is 2. The Kier molecular flexibility index (Phi) is 5.50. The van der Waals surface area contributed by atoms with Crippen molar-refractivity contribution in [1.29, 1.82) is 0 Å². The first-order chi connectivity index (χ1) is 11.3. The van der Waals surface area contributed by atoms with Crippen LogP contribution in [0.15, 0.2) is 24.3 Å². The van der Waals surface area contributed by atoms with Crippen molar-refractivity contribution >= 4 is 17.8 Å². The Balaban J connectivity index is 2.08. The number of carbonyl (C=O) groups excluding carboxylic acids is 2. The molecule has 1 heterocycles. The van der Waals surface area contributed by atoms with Crippen LogP contribution in [0.4, 0.5) is 4.39 Å². The summed E-state index contributed by atoms with van der Waals surface area (Å²) >= 11 is 0. The van der Waals surface area contributed by atoms with Gasteiger partial charge in [0, 0.05) is 26.3 Å². The van der Waals surface area contributed by atoms with Crippen molar-refractivity contribution in [3.05, 3.63) is 35.6 Å². The van der Waals surface area contributed by atoms with E-state index in [2.05, 4.69) is 5.32 Å². The van der Waals surface area contributed by atoms with Crippen LogP contribution >= 0.6 is 0 Å².